The van der Waals surface area contributed by atoms with Gasteiger partial charge in [0.1, 0.15) is 0 Å². The van der Waals surface area contributed by atoms with Crippen molar-refractivity contribution in [3.63, 3.8) is 0 Å². The van der Waals surface area contributed by atoms with Crippen LogP contribution in [-0.2, 0) is 15.6 Å². The monoisotopic (exact) mass is 184 g/mol. The van der Waals surface area contributed by atoms with Gasteiger partial charge in [0.2, 0.25) is 0 Å². The van der Waals surface area contributed by atoms with E-state index in [1.54, 1.807) is 0 Å². The second kappa shape index (κ2) is 3.27. The van der Waals surface area contributed by atoms with E-state index in [1.165, 1.54) is 6.26 Å². The average Bonchev–Trinajstić information content (AvgIpc) is 1.82. The van der Waals surface area contributed by atoms with Crippen molar-refractivity contribution in [2.24, 2.45) is 0 Å². The van der Waals surface area contributed by atoms with Crippen LogP contribution in [0.1, 0.15) is 11.1 Å². The van der Waals surface area contributed by atoms with E-state index in [4.69, 9.17) is 0 Å². The van der Waals surface area contributed by atoms with Crippen LogP contribution in [0.2, 0.25) is 0 Å². The van der Waals surface area contributed by atoms with Crippen LogP contribution in [-0.4, -0.2) is 14.7 Å². The molecule has 3 heteroatoms. The standard InChI is InChI=1S/C9H12O2S/c1-8-4-3-5-9(6-8)7-12(2,10)11/h3-6H,7H2,1-2H3. The summed E-state index contributed by atoms with van der Waals surface area (Å²) < 4.78 is 21.8. The first-order chi connectivity index (χ1) is 5.47. The number of rotatable bonds is 2. The first kappa shape index (κ1) is 9.26. The molecule has 0 heterocycles. The van der Waals surface area contributed by atoms with Crippen molar-refractivity contribution < 1.29 is 8.42 Å². The zero-order valence-corrected chi connectivity index (χ0v) is 8.06. The maximum Gasteiger partial charge on any atom is 0.151 e. The summed E-state index contributed by atoms with van der Waals surface area (Å²) >= 11 is 0. The van der Waals surface area contributed by atoms with Gasteiger partial charge in [-0.2, -0.15) is 0 Å². The van der Waals surface area contributed by atoms with Gasteiger partial charge in [0.05, 0.1) is 5.75 Å². The Kier molecular flexibility index (Phi) is 2.52. The smallest absolute Gasteiger partial charge is 0.151 e. The Morgan fingerprint density at radius 2 is 2.00 bits per heavy atom. The highest BCUT2D eigenvalue weighted by atomic mass is 32.2. The van der Waals surface area contributed by atoms with Crippen LogP contribution in [0.4, 0.5) is 0 Å². The van der Waals surface area contributed by atoms with Crippen LogP contribution in [0, 0.1) is 6.92 Å². The van der Waals surface area contributed by atoms with Gasteiger partial charge in [0.15, 0.2) is 9.84 Å². The van der Waals surface area contributed by atoms with Crippen LogP contribution >= 0.6 is 0 Å². The van der Waals surface area contributed by atoms with Gasteiger partial charge in [0.25, 0.3) is 0 Å². The van der Waals surface area contributed by atoms with E-state index >= 15 is 0 Å². The van der Waals surface area contributed by atoms with Gasteiger partial charge in [-0.15, -0.1) is 0 Å². The molecule has 1 aromatic carbocycles. The van der Waals surface area contributed by atoms with Crippen LogP contribution < -0.4 is 0 Å². The Labute approximate surface area is 73.2 Å². The summed E-state index contributed by atoms with van der Waals surface area (Å²) in [4.78, 5) is 0. The van der Waals surface area contributed by atoms with Gasteiger partial charge >= 0.3 is 0 Å². The van der Waals surface area contributed by atoms with Crippen molar-refractivity contribution >= 4 is 9.84 Å². The third kappa shape index (κ3) is 3.05. The van der Waals surface area contributed by atoms with Crippen LogP contribution in [0.3, 0.4) is 0 Å². The van der Waals surface area contributed by atoms with E-state index in [1.807, 2.05) is 31.2 Å². The molecule has 0 aliphatic heterocycles. The van der Waals surface area contributed by atoms with E-state index in [0.29, 0.717) is 0 Å². The van der Waals surface area contributed by atoms with Crippen molar-refractivity contribution in [1.29, 1.82) is 0 Å². The van der Waals surface area contributed by atoms with Gasteiger partial charge in [-0.3, -0.25) is 0 Å². The molecule has 0 aliphatic rings. The molecular weight excluding hydrogens is 172 g/mol. The lowest BCUT2D eigenvalue weighted by Gasteiger charge is -1.99. The van der Waals surface area contributed by atoms with E-state index in [9.17, 15) is 8.42 Å². The zero-order valence-electron chi connectivity index (χ0n) is 7.24. The molecule has 0 spiro atoms. The van der Waals surface area contributed by atoms with E-state index in [-0.39, 0.29) is 5.75 Å². The Balaban J connectivity index is 2.91. The van der Waals surface area contributed by atoms with E-state index < -0.39 is 9.84 Å². The normalized spacial score (nSPS) is 11.5. The summed E-state index contributed by atoms with van der Waals surface area (Å²) in [6.45, 7) is 1.95. The summed E-state index contributed by atoms with van der Waals surface area (Å²) in [7, 11) is -2.89. The maximum atomic E-state index is 10.9. The number of hydrogen-bond acceptors (Lipinski definition) is 2. The van der Waals surface area contributed by atoms with E-state index in [0.717, 1.165) is 11.1 Å². The Morgan fingerprint density at radius 1 is 1.33 bits per heavy atom. The molecule has 0 unspecified atom stereocenters. The zero-order chi connectivity index (χ0) is 9.19. The number of aryl methyl sites for hydroxylation is 1. The highest BCUT2D eigenvalue weighted by molar-refractivity contribution is 7.89. The molecule has 12 heavy (non-hydrogen) atoms. The minimum absolute atomic E-state index is 0.134. The third-order valence-electron chi connectivity index (χ3n) is 1.51. The second-order valence-electron chi connectivity index (χ2n) is 3.06. The lowest BCUT2D eigenvalue weighted by molar-refractivity contribution is 0.601. The van der Waals surface area contributed by atoms with Gasteiger partial charge in [0, 0.05) is 6.26 Å². The third-order valence-corrected chi connectivity index (χ3v) is 2.37. The Morgan fingerprint density at radius 3 is 2.50 bits per heavy atom. The van der Waals surface area contributed by atoms with Gasteiger partial charge in [-0.25, -0.2) is 8.42 Å². The fraction of sp³-hybridized carbons (Fsp3) is 0.333. The Hall–Kier alpha value is -0.830. The first-order valence-corrected chi connectivity index (χ1v) is 5.77. The molecule has 0 bridgehead atoms. The summed E-state index contributed by atoms with van der Waals surface area (Å²) in [5.41, 5.74) is 1.95. The van der Waals surface area contributed by atoms with Crippen LogP contribution in [0.15, 0.2) is 24.3 Å². The Bertz CT molecular complexity index is 366. The lowest BCUT2D eigenvalue weighted by Crippen LogP contribution is -2.00. The SMILES string of the molecule is Cc1cccc(CS(C)(=O)=O)c1. The minimum Gasteiger partial charge on any atom is -0.229 e. The topological polar surface area (TPSA) is 34.1 Å². The first-order valence-electron chi connectivity index (χ1n) is 3.71. The largest absolute Gasteiger partial charge is 0.229 e. The van der Waals surface area contributed by atoms with Crippen LogP contribution in [0.25, 0.3) is 0 Å². The highest BCUT2D eigenvalue weighted by Crippen LogP contribution is 2.07. The van der Waals surface area contributed by atoms with Crippen molar-refractivity contribution in [3.8, 4) is 0 Å². The van der Waals surface area contributed by atoms with Crippen molar-refractivity contribution in [2.75, 3.05) is 6.26 Å². The highest BCUT2D eigenvalue weighted by Gasteiger charge is 2.03. The summed E-state index contributed by atoms with van der Waals surface area (Å²) in [5, 5.41) is 0. The quantitative estimate of drug-likeness (QED) is 0.698. The molecule has 1 rings (SSSR count). The molecule has 0 fully saturated rings. The molecule has 2 nitrogen and oxygen atoms in total. The van der Waals surface area contributed by atoms with Crippen LogP contribution in [0.5, 0.6) is 0 Å². The minimum atomic E-state index is -2.89. The lowest BCUT2D eigenvalue weighted by atomic mass is 10.2. The fourth-order valence-electron chi connectivity index (χ4n) is 1.10. The molecular formula is C9H12O2S. The molecule has 1 aromatic rings. The molecule has 0 aromatic heterocycles. The average molecular weight is 184 g/mol. The molecule has 0 amide bonds. The summed E-state index contributed by atoms with van der Waals surface area (Å²) in [6.07, 6.45) is 1.25. The molecule has 0 saturated carbocycles. The summed E-state index contributed by atoms with van der Waals surface area (Å²) in [6, 6.07) is 7.54. The van der Waals surface area contributed by atoms with Crippen molar-refractivity contribution in [1.82, 2.24) is 0 Å². The van der Waals surface area contributed by atoms with Gasteiger partial charge < -0.3 is 0 Å². The molecule has 66 valence electrons. The van der Waals surface area contributed by atoms with Gasteiger partial charge in [-0.05, 0) is 12.5 Å². The predicted molar refractivity (Wildman–Crippen MR) is 49.7 cm³/mol. The van der Waals surface area contributed by atoms with Crippen molar-refractivity contribution in [3.05, 3.63) is 35.4 Å². The molecule has 0 radical (unpaired) electrons. The molecule has 0 saturated heterocycles. The molecule has 0 atom stereocenters. The number of hydrogen-bond donors (Lipinski definition) is 0. The predicted octanol–water partition coefficient (Wildman–Crippen LogP) is 1.54. The van der Waals surface area contributed by atoms with Gasteiger partial charge in [-0.1, -0.05) is 29.8 Å². The number of sulfone groups is 1. The van der Waals surface area contributed by atoms with Crippen molar-refractivity contribution in [2.45, 2.75) is 12.7 Å². The van der Waals surface area contributed by atoms with E-state index in [2.05, 4.69) is 0 Å². The summed E-state index contributed by atoms with van der Waals surface area (Å²) in [5.74, 6) is 0.134. The number of benzene rings is 1. The molecule has 0 aliphatic carbocycles. The molecule has 0 N–H and O–H groups in total. The second-order valence-corrected chi connectivity index (χ2v) is 5.20. The maximum absolute atomic E-state index is 10.9. The fourth-order valence-corrected chi connectivity index (χ4v) is 1.89.